The molecule has 1 saturated heterocycles. The van der Waals surface area contributed by atoms with E-state index in [0.29, 0.717) is 24.2 Å². The third-order valence-corrected chi connectivity index (χ3v) is 8.73. The summed E-state index contributed by atoms with van der Waals surface area (Å²) in [7, 11) is -1.40. The summed E-state index contributed by atoms with van der Waals surface area (Å²) >= 11 is 0. The van der Waals surface area contributed by atoms with Gasteiger partial charge in [0.25, 0.3) is 0 Å². The predicted octanol–water partition coefficient (Wildman–Crippen LogP) is 3.72. The Morgan fingerprint density at radius 1 is 1.08 bits per heavy atom. The molecule has 0 radical (unpaired) electrons. The van der Waals surface area contributed by atoms with Crippen LogP contribution in [0.5, 0.6) is 0 Å². The van der Waals surface area contributed by atoms with E-state index < -0.39 is 20.9 Å². The Bertz CT molecular complexity index is 1610. The van der Waals surface area contributed by atoms with Gasteiger partial charge in [-0.05, 0) is 63.4 Å². The second kappa shape index (κ2) is 9.21. The van der Waals surface area contributed by atoms with Crippen LogP contribution in [0.3, 0.4) is 0 Å². The van der Waals surface area contributed by atoms with Crippen LogP contribution in [0.2, 0.25) is 0 Å². The van der Waals surface area contributed by atoms with Gasteiger partial charge in [0.05, 0.1) is 16.3 Å². The second-order valence-electron chi connectivity index (χ2n) is 9.64. The molecular weight excluding hydrogens is 474 g/mol. The zero-order valence-electron chi connectivity index (χ0n) is 20.6. The van der Waals surface area contributed by atoms with Crippen LogP contribution < -0.4 is 5.32 Å². The van der Waals surface area contributed by atoms with Crippen molar-refractivity contribution >= 4 is 43.3 Å². The predicted molar refractivity (Wildman–Crippen MR) is 143 cm³/mol. The standard InChI is InChI=1S/C27H29N5O3S/c1-19(2)36(34,35)32-13-9-21-17-22(5-7-25(21)32)30-26-23-16-20(4-6-24(23)28-18-29-26)8-10-27(33)11-14-31(3)15-12-27/h4-7,9,13,16-19,33H,11-12,14-15H2,1-3H3,(H,28,29,30). The highest BCUT2D eigenvalue weighted by Gasteiger charge is 2.29. The fourth-order valence-electron chi connectivity index (χ4n) is 4.32. The molecule has 3 heterocycles. The van der Waals surface area contributed by atoms with Crippen molar-refractivity contribution in [1.82, 2.24) is 18.8 Å². The minimum Gasteiger partial charge on any atom is -0.377 e. The number of anilines is 2. The molecule has 186 valence electrons. The lowest BCUT2D eigenvalue weighted by Crippen LogP contribution is -2.41. The number of fused-ring (bicyclic) bond motifs is 2. The van der Waals surface area contributed by atoms with Gasteiger partial charge in [0, 0.05) is 54.2 Å². The fraction of sp³-hybridized carbons (Fsp3) is 0.333. The molecule has 0 saturated carbocycles. The van der Waals surface area contributed by atoms with Gasteiger partial charge in [-0.1, -0.05) is 11.8 Å². The van der Waals surface area contributed by atoms with Gasteiger partial charge in [-0.25, -0.2) is 22.4 Å². The molecular formula is C27H29N5O3S. The van der Waals surface area contributed by atoms with E-state index in [9.17, 15) is 13.5 Å². The summed E-state index contributed by atoms with van der Waals surface area (Å²) in [6.45, 7) is 4.98. The average molecular weight is 504 g/mol. The Morgan fingerprint density at radius 3 is 2.61 bits per heavy atom. The van der Waals surface area contributed by atoms with Crippen molar-refractivity contribution in [1.29, 1.82) is 0 Å². The van der Waals surface area contributed by atoms with Crippen LogP contribution >= 0.6 is 0 Å². The molecule has 8 nitrogen and oxygen atoms in total. The molecule has 2 aromatic heterocycles. The Morgan fingerprint density at radius 2 is 1.86 bits per heavy atom. The molecule has 0 spiro atoms. The molecule has 0 amide bonds. The molecule has 0 atom stereocenters. The Hall–Kier alpha value is -3.45. The number of rotatable bonds is 4. The van der Waals surface area contributed by atoms with Crippen LogP contribution in [0.25, 0.3) is 21.8 Å². The number of nitrogens with one attached hydrogen (secondary N) is 1. The monoisotopic (exact) mass is 503 g/mol. The van der Waals surface area contributed by atoms with E-state index in [-0.39, 0.29) is 0 Å². The summed E-state index contributed by atoms with van der Waals surface area (Å²) in [4.78, 5) is 11.0. The molecule has 2 aromatic carbocycles. The van der Waals surface area contributed by atoms with Gasteiger partial charge < -0.3 is 15.3 Å². The number of nitrogens with zero attached hydrogens (tertiary/aromatic N) is 4. The van der Waals surface area contributed by atoms with Gasteiger partial charge >= 0.3 is 0 Å². The molecule has 1 aliphatic rings. The number of aliphatic hydroxyl groups is 1. The van der Waals surface area contributed by atoms with Gasteiger partial charge in [-0.15, -0.1) is 0 Å². The van der Waals surface area contributed by atoms with Gasteiger partial charge in [0.1, 0.15) is 17.7 Å². The molecule has 0 unspecified atom stereocenters. The van der Waals surface area contributed by atoms with Gasteiger partial charge in [-0.3, -0.25) is 0 Å². The van der Waals surface area contributed by atoms with Crippen molar-refractivity contribution in [3.8, 4) is 11.8 Å². The number of hydrogen-bond acceptors (Lipinski definition) is 7. The minimum atomic E-state index is -3.44. The highest BCUT2D eigenvalue weighted by atomic mass is 32.2. The van der Waals surface area contributed by atoms with Crippen LogP contribution in [-0.2, 0) is 10.0 Å². The van der Waals surface area contributed by atoms with Crippen LogP contribution in [0, 0.1) is 11.8 Å². The highest BCUT2D eigenvalue weighted by Crippen LogP contribution is 2.28. The summed E-state index contributed by atoms with van der Waals surface area (Å²) in [6, 6.07) is 13.0. The van der Waals surface area contributed by atoms with Crippen LogP contribution in [-0.4, -0.2) is 63.4 Å². The maximum Gasteiger partial charge on any atom is 0.241 e. The fourth-order valence-corrected chi connectivity index (χ4v) is 5.44. The van der Waals surface area contributed by atoms with E-state index in [2.05, 4.69) is 32.0 Å². The van der Waals surface area contributed by atoms with E-state index in [4.69, 9.17) is 0 Å². The maximum absolute atomic E-state index is 12.7. The SMILES string of the molecule is CC(C)S(=O)(=O)n1ccc2cc(Nc3ncnc4ccc(C#CC5(O)CCN(C)CC5)cc34)ccc21. The molecule has 9 heteroatoms. The van der Waals surface area contributed by atoms with Crippen molar-refractivity contribution in [2.45, 2.75) is 37.5 Å². The third kappa shape index (κ3) is 4.67. The summed E-state index contributed by atoms with van der Waals surface area (Å²) in [6.07, 6.45) is 4.35. The lowest BCUT2D eigenvalue weighted by atomic mass is 9.92. The van der Waals surface area contributed by atoms with E-state index in [0.717, 1.165) is 40.6 Å². The lowest BCUT2D eigenvalue weighted by molar-refractivity contribution is 0.0350. The van der Waals surface area contributed by atoms with E-state index >= 15 is 0 Å². The smallest absolute Gasteiger partial charge is 0.241 e. The number of piperidine rings is 1. The molecule has 5 rings (SSSR count). The summed E-state index contributed by atoms with van der Waals surface area (Å²) < 4.78 is 26.6. The average Bonchev–Trinajstić information content (AvgIpc) is 3.29. The zero-order valence-corrected chi connectivity index (χ0v) is 21.4. The molecule has 4 aromatic rings. The van der Waals surface area contributed by atoms with Crippen LogP contribution in [0.1, 0.15) is 32.3 Å². The van der Waals surface area contributed by atoms with Crippen molar-refractivity contribution < 1.29 is 13.5 Å². The number of likely N-dealkylation sites (tertiary alicyclic amines) is 1. The van der Waals surface area contributed by atoms with E-state index in [1.807, 2.05) is 37.4 Å². The highest BCUT2D eigenvalue weighted by molar-refractivity contribution is 7.90. The molecule has 36 heavy (non-hydrogen) atoms. The quantitative estimate of drug-likeness (QED) is 0.410. The van der Waals surface area contributed by atoms with Gasteiger partial charge in [0.15, 0.2) is 0 Å². The lowest BCUT2D eigenvalue weighted by Gasteiger charge is -2.32. The first-order valence-electron chi connectivity index (χ1n) is 12.0. The zero-order chi connectivity index (χ0) is 25.5. The molecule has 1 fully saturated rings. The van der Waals surface area contributed by atoms with E-state index in [1.165, 1.54) is 10.3 Å². The Kier molecular flexibility index (Phi) is 6.20. The van der Waals surface area contributed by atoms with E-state index in [1.54, 1.807) is 32.2 Å². The molecule has 0 bridgehead atoms. The van der Waals surface area contributed by atoms with Gasteiger partial charge in [0.2, 0.25) is 10.0 Å². The number of benzene rings is 2. The maximum atomic E-state index is 12.7. The van der Waals surface area contributed by atoms with Crippen molar-refractivity contribution in [3.63, 3.8) is 0 Å². The first-order chi connectivity index (χ1) is 17.1. The molecule has 0 aliphatic carbocycles. The van der Waals surface area contributed by atoms with Crippen molar-refractivity contribution in [2.75, 3.05) is 25.5 Å². The third-order valence-electron chi connectivity index (χ3n) is 6.68. The Labute approximate surface area is 211 Å². The minimum absolute atomic E-state index is 0.518. The number of aromatic nitrogens is 3. The largest absolute Gasteiger partial charge is 0.377 e. The van der Waals surface area contributed by atoms with Crippen LogP contribution in [0.15, 0.2) is 55.0 Å². The van der Waals surface area contributed by atoms with Crippen molar-refractivity contribution in [3.05, 3.63) is 60.6 Å². The molecule has 2 N–H and O–H groups in total. The molecule has 1 aliphatic heterocycles. The summed E-state index contributed by atoms with van der Waals surface area (Å²) in [5.74, 6) is 6.84. The second-order valence-corrected chi connectivity index (χ2v) is 12.0. The van der Waals surface area contributed by atoms with Crippen molar-refractivity contribution in [2.24, 2.45) is 0 Å². The van der Waals surface area contributed by atoms with Gasteiger partial charge in [-0.2, -0.15) is 0 Å². The Balaban J connectivity index is 1.45. The normalized spacial score (nSPS) is 16.2. The summed E-state index contributed by atoms with van der Waals surface area (Å²) in [5, 5.41) is 15.2. The first-order valence-corrected chi connectivity index (χ1v) is 13.5. The first kappa shape index (κ1) is 24.3. The summed E-state index contributed by atoms with van der Waals surface area (Å²) in [5.41, 5.74) is 1.99. The number of hydrogen-bond donors (Lipinski definition) is 2. The topological polar surface area (TPSA) is 100 Å². The van der Waals surface area contributed by atoms with Crippen LogP contribution in [0.4, 0.5) is 11.5 Å².